The summed E-state index contributed by atoms with van der Waals surface area (Å²) in [6.07, 6.45) is 4.66. The van der Waals surface area contributed by atoms with E-state index in [1.54, 1.807) is 12.1 Å². The van der Waals surface area contributed by atoms with Crippen molar-refractivity contribution in [3.63, 3.8) is 0 Å². The zero-order chi connectivity index (χ0) is 18.8. The van der Waals surface area contributed by atoms with Crippen molar-refractivity contribution in [2.45, 2.75) is 35.5 Å². The average Bonchev–Trinajstić information content (AvgIpc) is 2.68. The maximum absolute atomic E-state index is 11.6. The fourth-order valence-corrected chi connectivity index (χ4v) is 5.05. The minimum Gasteiger partial charge on any atom is -0.478 e. The molecule has 3 aromatic carbocycles. The predicted molar refractivity (Wildman–Crippen MR) is 111 cm³/mol. The Morgan fingerprint density at radius 3 is 2.56 bits per heavy atom. The maximum Gasteiger partial charge on any atom is 0.336 e. The van der Waals surface area contributed by atoms with Crippen molar-refractivity contribution in [2.24, 2.45) is 0 Å². The molecule has 0 atom stereocenters. The monoisotopic (exact) mass is 394 g/mol. The summed E-state index contributed by atoms with van der Waals surface area (Å²) < 4.78 is 0. The van der Waals surface area contributed by atoms with Gasteiger partial charge in [-0.1, -0.05) is 59.8 Å². The molecule has 0 saturated carbocycles. The van der Waals surface area contributed by atoms with Gasteiger partial charge >= 0.3 is 5.97 Å². The molecule has 0 aromatic heterocycles. The van der Waals surface area contributed by atoms with Gasteiger partial charge in [0.2, 0.25) is 0 Å². The molecule has 27 heavy (non-hydrogen) atoms. The minimum absolute atomic E-state index is 0.309. The van der Waals surface area contributed by atoms with E-state index in [0.29, 0.717) is 10.6 Å². The third-order valence-corrected chi connectivity index (χ3v) is 6.34. The standard InChI is InChI=1S/C23H19ClO2S/c24-16-12-13-19(18-10-5-7-15-6-1-2-8-17(15)18)22(14-16)27-21-11-4-3-9-20(21)23(25)26/h3-5,7,9-14H,1-2,6,8H2,(H,25,26). The van der Waals surface area contributed by atoms with Gasteiger partial charge < -0.3 is 5.11 Å². The molecule has 0 spiro atoms. The van der Waals surface area contributed by atoms with Gasteiger partial charge in [-0.15, -0.1) is 0 Å². The van der Waals surface area contributed by atoms with Gasteiger partial charge in [-0.25, -0.2) is 4.79 Å². The van der Waals surface area contributed by atoms with Gasteiger partial charge in [0, 0.05) is 14.8 Å². The zero-order valence-electron chi connectivity index (χ0n) is 14.7. The number of hydrogen-bond donors (Lipinski definition) is 1. The number of aromatic carboxylic acids is 1. The molecule has 0 unspecified atom stereocenters. The number of hydrogen-bond acceptors (Lipinski definition) is 2. The van der Waals surface area contributed by atoms with Crippen molar-refractivity contribution in [3.05, 3.63) is 82.4 Å². The number of benzene rings is 3. The minimum atomic E-state index is -0.918. The van der Waals surface area contributed by atoms with Crippen molar-refractivity contribution in [1.29, 1.82) is 0 Å². The van der Waals surface area contributed by atoms with E-state index < -0.39 is 5.97 Å². The lowest BCUT2D eigenvalue weighted by Crippen LogP contribution is -2.04. The molecule has 0 saturated heterocycles. The maximum atomic E-state index is 11.6. The predicted octanol–water partition coefficient (Wildman–Crippen LogP) is 6.74. The molecule has 1 N–H and O–H groups in total. The third-order valence-electron chi connectivity index (χ3n) is 4.97. The van der Waals surface area contributed by atoms with E-state index >= 15 is 0 Å². The highest BCUT2D eigenvalue weighted by Crippen LogP contribution is 2.41. The smallest absolute Gasteiger partial charge is 0.336 e. The van der Waals surface area contributed by atoms with Crippen molar-refractivity contribution in [3.8, 4) is 11.1 Å². The molecule has 4 rings (SSSR count). The molecule has 1 aliphatic rings. The van der Waals surface area contributed by atoms with Crippen molar-refractivity contribution in [2.75, 3.05) is 0 Å². The van der Waals surface area contributed by atoms with Gasteiger partial charge in [0.25, 0.3) is 0 Å². The molecule has 0 heterocycles. The van der Waals surface area contributed by atoms with E-state index in [0.717, 1.165) is 28.2 Å². The summed E-state index contributed by atoms with van der Waals surface area (Å²) in [7, 11) is 0. The highest BCUT2D eigenvalue weighted by Gasteiger charge is 2.18. The number of carboxylic acids is 1. The molecule has 0 amide bonds. The van der Waals surface area contributed by atoms with Crippen LogP contribution in [-0.4, -0.2) is 11.1 Å². The van der Waals surface area contributed by atoms with Gasteiger partial charge in [-0.05, 0) is 72.2 Å². The Labute approximate surface area is 168 Å². The number of carboxylic acid groups (broad SMARTS) is 1. The van der Waals surface area contributed by atoms with E-state index in [2.05, 4.69) is 24.3 Å². The van der Waals surface area contributed by atoms with Crippen LogP contribution in [-0.2, 0) is 12.8 Å². The number of aryl methyl sites for hydroxylation is 1. The van der Waals surface area contributed by atoms with Crippen molar-refractivity contribution >= 4 is 29.3 Å². The molecule has 0 aliphatic heterocycles. The second kappa shape index (κ2) is 7.79. The summed E-state index contributed by atoms with van der Waals surface area (Å²) in [5.41, 5.74) is 5.50. The van der Waals surface area contributed by atoms with E-state index in [-0.39, 0.29) is 0 Å². The highest BCUT2D eigenvalue weighted by atomic mass is 35.5. The lowest BCUT2D eigenvalue weighted by atomic mass is 9.86. The van der Waals surface area contributed by atoms with Crippen LogP contribution in [0.1, 0.15) is 34.3 Å². The Kier molecular flexibility index (Phi) is 5.24. The van der Waals surface area contributed by atoms with Crippen LogP contribution in [0, 0.1) is 0 Å². The number of carbonyl (C=O) groups is 1. The number of halogens is 1. The third kappa shape index (κ3) is 3.76. The summed E-state index contributed by atoms with van der Waals surface area (Å²) in [5, 5.41) is 10.2. The Morgan fingerprint density at radius 2 is 1.70 bits per heavy atom. The summed E-state index contributed by atoms with van der Waals surface area (Å²) in [6, 6.07) is 19.5. The average molecular weight is 395 g/mol. The highest BCUT2D eigenvalue weighted by molar-refractivity contribution is 7.99. The molecule has 4 heteroatoms. The lowest BCUT2D eigenvalue weighted by molar-refractivity contribution is 0.0693. The summed E-state index contributed by atoms with van der Waals surface area (Å²) >= 11 is 7.75. The van der Waals surface area contributed by atoms with E-state index in [1.165, 1.54) is 41.3 Å². The SMILES string of the molecule is O=C(O)c1ccccc1Sc1cc(Cl)ccc1-c1cccc2c1CCCC2. The van der Waals surface area contributed by atoms with Gasteiger partial charge in [0.1, 0.15) is 0 Å². The van der Waals surface area contributed by atoms with Crippen LogP contribution in [0.25, 0.3) is 11.1 Å². The first-order valence-corrected chi connectivity index (χ1v) is 10.2. The zero-order valence-corrected chi connectivity index (χ0v) is 16.3. The first-order valence-electron chi connectivity index (χ1n) is 9.04. The summed E-state index contributed by atoms with van der Waals surface area (Å²) in [6.45, 7) is 0. The summed E-state index contributed by atoms with van der Waals surface area (Å²) in [5.74, 6) is -0.918. The molecule has 3 aromatic rings. The lowest BCUT2D eigenvalue weighted by Gasteiger charge is -2.21. The van der Waals surface area contributed by atoms with Crippen LogP contribution in [0.4, 0.5) is 0 Å². The fourth-order valence-electron chi connectivity index (χ4n) is 3.69. The van der Waals surface area contributed by atoms with Gasteiger partial charge in [-0.2, -0.15) is 0 Å². The van der Waals surface area contributed by atoms with Crippen LogP contribution in [0.15, 0.2) is 70.5 Å². The van der Waals surface area contributed by atoms with Crippen LogP contribution < -0.4 is 0 Å². The van der Waals surface area contributed by atoms with Crippen molar-refractivity contribution < 1.29 is 9.90 Å². The number of fused-ring (bicyclic) bond motifs is 1. The second-order valence-corrected chi connectivity index (χ2v) is 8.21. The quantitative estimate of drug-likeness (QED) is 0.532. The molecule has 136 valence electrons. The Hall–Kier alpha value is -2.23. The van der Waals surface area contributed by atoms with Gasteiger partial charge in [0.05, 0.1) is 5.56 Å². The van der Waals surface area contributed by atoms with Crippen LogP contribution >= 0.6 is 23.4 Å². The first-order chi connectivity index (χ1) is 13.1. The molecule has 0 fully saturated rings. The summed E-state index contributed by atoms with van der Waals surface area (Å²) in [4.78, 5) is 13.3. The van der Waals surface area contributed by atoms with Crippen LogP contribution in [0.3, 0.4) is 0 Å². The first kappa shape index (κ1) is 18.1. The molecule has 0 radical (unpaired) electrons. The van der Waals surface area contributed by atoms with Crippen molar-refractivity contribution in [1.82, 2.24) is 0 Å². The number of rotatable bonds is 4. The topological polar surface area (TPSA) is 37.3 Å². The van der Waals surface area contributed by atoms with E-state index in [4.69, 9.17) is 11.6 Å². The van der Waals surface area contributed by atoms with Crippen LogP contribution in [0.2, 0.25) is 5.02 Å². The Balaban J connectivity index is 1.83. The molecule has 1 aliphatic carbocycles. The Morgan fingerprint density at radius 1 is 0.889 bits per heavy atom. The van der Waals surface area contributed by atoms with Crippen LogP contribution in [0.5, 0.6) is 0 Å². The molecule has 2 nitrogen and oxygen atoms in total. The van der Waals surface area contributed by atoms with E-state index in [9.17, 15) is 9.90 Å². The van der Waals surface area contributed by atoms with E-state index in [1.807, 2.05) is 24.3 Å². The molecular formula is C23H19ClO2S. The molecular weight excluding hydrogens is 376 g/mol. The van der Waals surface area contributed by atoms with Gasteiger partial charge in [-0.3, -0.25) is 0 Å². The fraction of sp³-hybridized carbons (Fsp3) is 0.174. The van der Waals surface area contributed by atoms with Gasteiger partial charge in [0.15, 0.2) is 0 Å². The largest absolute Gasteiger partial charge is 0.478 e. The normalized spacial score (nSPS) is 13.2. The second-order valence-electron chi connectivity index (χ2n) is 6.69. The Bertz CT molecular complexity index is 1010. The molecule has 0 bridgehead atoms.